The topological polar surface area (TPSA) is 59.2 Å². The van der Waals surface area contributed by atoms with Crippen LogP contribution < -0.4 is 0 Å². The smallest absolute Gasteiger partial charge is 0.274 e. The minimum atomic E-state index is -0.158. The van der Waals surface area contributed by atoms with Gasteiger partial charge in [-0.05, 0) is 25.0 Å². The molecular weight excluding hydrogens is 266 g/mol. The van der Waals surface area contributed by atoms with Crippen molar-refractivity contribution in [1.82, 2.24) is 14.9 Å². The van der Waals surface area contributed by atoms with Gasteiger partial charge in [0.05, 0.1) is 25.2 Å². The van der Waals surface area contributed by atoms with Gasteiger partial charge in [0, 0.05) is 6.04 Å². The fourth-order valence-corrected chi connectivity index (χ4v) is 2.06. The van der Waals surface area contributed by atoms with Crippen LogP contribution in [0.1, 0.15) is 29.1 Å². The molecule has 0 N–H and O–H groups in total. The van der Waals surface area contributed by atoms with Gasteiger partial charge in [-0.3, -0.25) is 9.78 Å². The molecule has 0 aromatic carbocycles. The molecule has 19 heavy (non-hydrogen) atoms. The van der Waals surface area contributed by atoms with Gasteiger partial charge in [0.15, 0.2) is 0 Å². The number of hydrogen-bond donors (Lipinski definition) is 0. The largest absolute Gasteiger partial charge is 0.467 e. The number of halogens is 1. The third-order valence-corrected chi connectivity index (χ3v) is 3.16. The van der Waals surface area contributed by atoms with E-state index in [9.17, 15) is 4.79 Å². The normalized spacial score (nSPS) is 14.4. The van der Waals surface area contributed by atoms with Crippen LogP contribution in [-0.4, -0.2) is 26.8 Å². The Kier molecular flexibility index (Phi) is 3.21. The number of nitrogens with zero attached hydrogens (tertiary/aromatic N) is 3. The number of carbonyl (C=O) groups is 1. The maximum atomic E-state index is 12.4. The number of furan rings is 1. The number of aromatic nitrogens is 2. The molecule has 1 aliphatic rings. The van der Waals surface area contributed by atoms with Gasteiger partial charge in [0.2, 0.25) is 0 Å². The second-order valence-electron chi connectivity index (χ2n) is 4.47. The molecule has 0 unspecified atom stereocenters. The first-order chi connectivity index (χ1) is 9.24. The van der Waals surface area contributed by atoms with Gasteiger partial charge in [-0.25, -0.2) is 4.98 Å². The first-order valence-electron chi connectivity index (χ1n) is 6.05. The summed E-state index contributed by atoms with van der Waals surface area (Å²) >= 11 is 5.77. The third kappa shape index (κ3) is 2.76. The molecule has 2 heterocycles. The average Bonchev–Trinajstić information content (AvgIpc) is 3.12. The van der Waals surface area contributed by atoms with E-state index in [1.54, 1.807) is 11.2 Å². The standard InChI is InChI=1S/C13H12ClN3O2/c14-12-7-15-6-11(16-12)13(18)17(9-3-4-9)8-10-2-1-5-19-10/h1-2,5-7,9H,3-4,8H2. The van der Waals surface area contributed by atoms with E-state index in [2.05, 4.69) is 9.97 Å². The van der Waals surface area contributed by atoms with E-state index in [0.29, 0.717) is 6.54 Å². The molecule has 2 aromatic rings. The van der Waals surface area contributed by atoms with Crippen molar-refractivity contribution >= 4 is 17.5 Å². The first-order valence-corrected chi connectivity index (χ1v) is 6.43. The summed E-state index contributed by atoms with van der Waals surface area (Å²) in [4.78, 5) is 22.1. The minimum Gasteiger partial charge on any atom is -0.467 e. The first kappa shape index (κ1) is 12.2. The van der Waals surface area contributed by atoms with Crippen LogP contribution in [0.15, 0.2) is 35.2 Å². The molecule has 0 atom stereocenters. The summed E-state index contributed by atoms with van der Waals surface area (Å²) in [7, 11) is 0. The van der Waals surface area contributed by atoms with E-state index in [-0.39, 0.29) is 22.8 Å². The highest BCUT2D eigenvalue weighted by Crippen LogP contribution is 2.29. The molecule has 0 spiro atoms. The van der Waals surface area contributed by atoms with Crippen molar-refractivity contribution in [3.63, 3.8) is 0 Å². The lowest BCUT2D eigenvalue weighted by Gasteiger charge is -2.20. The van der Waals surface area contributed by atoms with Crippen molar-refractivity contribution in [1.29, 1.82) is 0 Å². The molecule has 1 amide bonds. The summed E-state index contributed by atoms with van der Waals surface area (Å²) in [5.74, 6) is 0.601. The Labute approximate surface area is 115 Å². The molecule has 0 radical (unpaired) electrons. The summed E-state index contributed by atoms with van der Waals surface area (Å²) in [6, 6.07) is 3.93. The Morgan fingerprint density at radius 2 is 2.32 bits per heavy atom. The lowest BCUT2D eigenvalue weighted by molar-refractivity contribution is 0.0711. The van der Waals surface area contributed by atoms with Crippen molar-refractivity contribution in [2.45, 2.75) is 25.4 Å². The molecule has 6 heteroatoms. The van der Waals surface area contributed by atoms with E-state index in [0.717, 1.165) is 18.6 Å². The third-order valence-electron chi connectivity index (χ3n) is 2.98. The lowest BCUT2D eigenvalue weighted by Crippen LogP contribution is -2.33. The highest BCUT2D eigenvalue weighted by Gasteiger charge is 2.34. The van der Waals surface area contributed by atoms with Crippen molar-refractivity contribution in [3.8, 4) is 0 Å². The summed E-state index contributed by atoms with van der Waals surface area (Å²) in [5, 5.41) is 0.222. The maximum absolute atomic E-state index is 12.4. The van der Waals surface area contributed by atoms with Crippen LogP contribution in [0, 0.1) is 0 Å². The Bertz CT molecular complexity index is 581. The molecule has 1 saturated carbocycles. The maximum Gasteiger partial charge on any atom is 0.274 e. The summed E-state index contributed by atoms with van der Waals surface area (Å²) in [6.45, 7) is 0.449. The molecule has 0 bridgehead atoms. The molecule has 0 aliphatic heterocycles. The second-order valence-corrected chi connectivity index (χ2v) is 4.86. The molecule has 0 saturated heterocycles. The molecule has 3 rings (SSSR count). The highest BCUT2D eigenvalue weighted by molar-refractivity contribution is 6.29. The fourth-order valence-electron chi connectivity index (χ4n) is 1.92. The van der Waals surface area contributed by atoms with Crippen molar-refractivity contribution in [2.75, 3.05) is 0 Å². The monoisotopic (exact) mass is 277 g/mol. The second kappa shape index (κ2) is 5.01. The number of carbonyl (C=O) groups excluding carboxylic acids is 1. The molecular formula is C13H12ClN3O2. The van der Waals surface area contributed by atoms with Crippen molar-refractivity contribution in [2.24, 2.45) is 0 Å². The fraction of sp³-hybridized carbons (Fsp3) is 0.308. The van der Waals surface area contributed by atoms with Crippen LogP contribution in [0.2, 0.25) is 5.15 Å². The van der Waals surface area contributed by atoms with E-state index in [1.807, 2.05) is 12.1 Å². The quantitative estimate of drug-likeness (QED) is 0.862. The molecule has 5 nitrogen and oxygen atoms in total. The molecule has 98 valence electrons. The van der Waals surface area contributed by atoms with E-state index in [1.165, 1.54) is 12.4 Å². The average molecular weight is 278 g/mol. The van der Waals surface area contributed by atoms with E-state index in [4.69, 9.17) is 16.0 Å². The van der Waals surface area contributed by atoms with Crippen molar-refractivity contribution < 1.29 is 9.21 Å². The predicted molar refractivity (Wildman–Crippen MR) is 68.6 cm³/mol. The van der Waals surface area contributed by atoms with Gasteiger partial charge in [-0.2, -0.15) is 0 Å². The van der Waals surface area contributed by atoms with Gasteiger partial charge in [-0.15, -0.1) is 0 Å². The van der Waals surface area contributed by atoms with Crippen LogP contribution in [-0.2, 0) is 6.54 Å². The lowest BCUT2D eigenvalue weighted by atomic mass is 10.3. The number of hydrogen-bond acceptors (Lipinski definition) is 4. The number of amides is 1. The molecule has 2 aromatic heterocycles. The predicted octanol–water partition coefficient (Wildman–Crippen LogP) is 2.53. The van der Waals surface area contributed by atoms with Crippen LogP contribution in [0.3, 0.4) is 0 Å². The van der Waals surface area contributed by atoms with E-state index >= 15 is 0 Å². The number of rotatable bonds is 4. The zero-order chi connectivity index (χ0) is 13.2. The van der Waals surface area contributed by atoms with Crippen LogP contribution in [0.4, 0.5) is 0 Å². The van der Waals surface area contributed by atoms with E-state index < -0.39 is 0 Å². The van der Waals surface area contributed by atoms with Gasteiger partial charge in [-0.1, -0.05) is 11.6 Å². The summed E-state index contributed by atoms with van der Waals surface area (Å²) in [6.07, 6.45) is 6.48. The minimum absolute atomic E-state index is 0.158. The van der Waals surface area contributed by atoms with Crippen LogP contribution >= 0.6 is 11.6 Å². The Balaban J connectivity index is 1.82. The SMILES string of the molecule is O=C(c1cncc(Cl)n1)N(Cc1ccco1)C1CC1. The van der Waals surface area contributed by atoms with Crippen LogP contribution in [0.5, 0.6) is 0 Å². The molecule has 1 fully saturated rings. The van der Waals surface area contributed by atoms with Crippen molar-refractivity contribution in [3.05, 3.63) is 47.4 Å². The van der Waals surface area contributed by atoms with Gasteiger partial charge in [0.1, 0.15) is 16.6 Å². The zero-order valence-electron chi connectivity index (χ0n) is 10.1. The van der Waals surface area contributed by atoms with Crippen LogP contribution in [0.25, 0.3) is 0 Å². The Morgan fingerprint density at radius 1 is 1.47 bits per heavy atom. The summed E-state index contributed by atoms with van der Waals surface area (Å²) < 4.78 is 5.30. The highest BCUT2D eigenvalue weighted by atomic mass is 35.5. The van der Waals surface area contributed by atoms with Gasteiger partial charge < -0.3 is 9.32 Å². The molecule has 1 aliphatic carbocycles. The Hall–Kier alpha value is -1.88. The van der Waals surface area contributed by atoms with Gasteiger partial charge in [0.25, 0.3) is 5.91 Å². The zero-order valence-corrected chi connectivity index (χ0v) is 10.9. The Morgan fingerprint density at radius 3 is 2.95 bits per heavy atom. The summed E-state index contributed by atoms with van der Waals surface area (Å²) in [5.41, 5.74) is 0.269. The van der Waals surface area contributed by atoms with Gasteiger partial charge >= 0.3 is 0 Å².